The summed E-state index contributed by atoms with van der Waals surface area (Å²) in [5, 5.41) is 3.80. The van der Waals surface area contributed by atoms with Crippen LogP contribution in [0.2, 0.25) is 0 Å². The molecule has 3 heterocycles. The smallest absolute Gasteiger partial charge is 0.416 e. The van der Waals surface area contributed by atoms with Crippen molar-refractivity contribution < 1.29 is 22.7 Å². The monoisotopic (exact) mass is 488 g/mol. The fourth-order valence-electron chi connectivity index (χ4n) is 4.17. The summed E-state index contributed by atoms with van der Waals surface area (Å²) in [5.41, 5.74) is 1.17. The van der Waals surface area contributed by atoms with Gasteiger partial charge in [0.05, 0.1) is 30.5 Å². The fraction of sp³-hybridized carbons (Fsp3) is 0.292. The van der Waals surface area contributed by atoms with Crippen LogP contribution in [-0.4, -0.2) is 39.2 Å². The van der Waals surface area contributed by atoms with Gasteiger partial charge in [-0.3, -0.25) is 9.78 Å². The number of benzene rings is 1. The van der Waals surface area contributed by atoms with Gasteiger partial charge in [-0.2, -0.15) is 13.2 Å². The average molecular weight is 489 g/mol. The van der Waals surface area contributed by atoms with E-state index >= 15 is 0 Å². The van der Waals surface area contributed by atoms with E-state index in [-0.39, 0.29) is 24.5 Å². The standard InChI is InChI=1S/C24H23F3N4O2S/c1-33-20(32)11-6-14-31-22(21(29-23(31)34)18-9-2-3-12-28-18)19-10-5-13-30(19)17-8-4-7-16(15-17)24(25,26)27/h2-5,7-10,12-13,15,21-22H,6,11,14H2,1H3,(H,29,34)/t21-,22-/m0/s1. The number of rotatable bonds is 7. The number of methoxy groups -OCH3 is 1. The Hall–Kier alpha value is -3.40. The SMILES string of the molecule is COC(=O)CCCN1C(=S)N[C@@H](c2ccccn2)[C@@H]1c1cccn1-c1cccc(C(F)(F)F)c1. The molecule has 0 aliphatic carbocycles. The van der Waals surface area contributed by atoms with Gasteiger partial charge in [0.15, 0.2) is 5.11 Å². The summed E-state index contributed by atoms with van der Waals surface area (Å²) in [5.74, 6) is -0.316. The molecule has 0 radical (unpaired) electrons. The van der Waals surface area contributed by atoms with Crippen LogP contribution in [0.3, 0.4) is 0 Å². The molecule has 2 aromatic heterocycles. The van der Waals surface area contributed by atoms with Crippen molar-refractivity contribution in [3.63, 3.8) is 0 Å². The molecule has 1 N–H and O–H groups in total. The number of carbonyl (C=O) groups is 1. The highest BCUT2D eigenvalue weighted by Crippen LogP contribution is 2.40. The maximum atomic E-state index is 13.4. The summed E-state index contributed by atoms with van der Waals surface area (Å²) in [6.45, 7) is 0.461. The van der Waals surface area contributed by atoms with Gasteiger partial charge in [-0.15, -0.1) is 0 Å². The largest absolute Gasteiger partial charge is 0.469 e. The summed E-state index contributed by atoms with van der Waals surface area (Å²) in [7, 11) is 1.34. The first-order valence-electron chi connectivity index (χ1n) is 10.7. The quantitative estimate of drug-likeness (QED) is 0.380. The van der Waals surface area contributed by atoms with Crippen LogP contribution in [-0.2, 0) is 15.7 Å². The van der Waals surface area contributed by atoms with Crippen LogP contribution in [0, 0.1) is 0 Å². The van der Waals surface area contributed by atoms with E-state index in [2.05, 4.69) is 10.3 Å². The Morgan fingerprint density at radius 3 is 2.71 bits per heavy atom. The van der Waals surface area contributed by atoms with Gasteiger partial charge >= 0.3 is 12.1 Å². The summed E-state index contributed by atoms with van der Waals surface area (Å²) in [6, 6.07) is 13.7. The van der Waals surface area contributed by atoms with Gasteiger partial charge in [0.25, 0.3) is 0 Å². The van der Waals surface area contributed by atoms with E-state index in [1.165, 1.54) is 13.2 Å². The van der Waals surface area contributed by atoms with Crippen molar-refractivity contribution in [2.24, 2.45) is 0 Å². The predicted molar refractivity (Wildman–Crippen MR) is 124 cm³/mol. The van der Waals surface area contributed by atoms with Crippen LogP contribution in [0.4, 0.5) is 13.2 Å². The van der Waals surface area contributed by atoms with Crippen molar-refractivity contribution in [1.29, 1.82) is 0 Å². The molecule has 1 aromatic carbocycles. The van der Waals surface area contributed by atoms with Crippen LogP contribution in [0.25, 0.3) is 5.69 Å². The number of alkyl halides is 3. The summed E-state index contributed by atoms with van der Waals surface area (Å²) in [6.07, 6.45) is -0.303. The number of thiocarbonyl (C=S) groups is 1. The molecule has 1 aliphatic rings. The molecule has 2 atom stereocenters. The molecule has 178 valence electrons. The topological polar surface area (TPSA) is 59.4 Å². The van der Waals surface area contributed by atoms with Gasteiger partial charge in [0.1, 0.15) is 0 Å². The second-order valence-electron chi connectivity index (χ2n) is 7.85. The number of nitrogens with one attached hydrogen (secondary N) is 1. The van der Waals surface area contributed by atoms with Crippen molar-refractivity contribution in [2.75, 3.05) is 13.7 Å². The van der Waals surface area contributed by atoms with E-state index < -0.39 is 11.7 Å². The number of hydrogen-bond acceptors (Lipinski definition) is 4. The first-order valence-corrected chi connectivity index (χ1v) is 11.1. The van der Waals surface area contributed by atoms with E-state index in [4.69, 9.17) is 17.0 Å². The number of carbonyl (C=O) groups excluding carboxylic acids is 1. The van der Waals surface area contributed by atoms with Crippen molar-refractivity contribution in [3.05, 3.63) is 83.9 Å². The van der Waals surface area contributed by atoms with Crippen LogP contribution in [0.1, 0.15) is 41.9 Å². The molecular formula is C24H23F3N4O2S. The second kappa shape index (κ2) is 9.84. The summed E-state index contributed by atoms with van der Waals surface area (Å²) >= 11 is 5.62. The van der Waals surface area contributed by atoms with Crippen LogP contribution < -0.4 is 5.32 Å². The Morgan fingerprint density at radius 1 is 1.18 bits per heavy atom. The number of nitrogens with zero attached hydrogens (tertiary/aromatic N) is 3. The summed E-state index contributed by atoms with van der Waals surface area (Å²) in [4.78, 5) is 18.1. The van der Waals surface area contributed by atoms with Gasteiger partial charge in [0.2, 0.25) is 0 Å². The Kier molecular flexibility index (Phi) is 6.87. The van der Waals surface area contributed by atoms with E-state index in [9.17, 15) is 18.0 Å². The Bertz CT molecular complexity index is 1170. The average Bonchev–Trinajstić information content (AvgIpc) is 3.43. The zero-order valence-corrected chi connectivity index (χ0v) is 19.1. The third kappa shape index (κ3) is 4.91. The molecule has 4 rings (SSSR count). The molecule has 34 heavy (non-hydrogen) atoms. The lowest BCUT2D eigenvalue weighted by molar-refractivity contribution is -0.141. The highest BCUT2D eigenvalue weighted by Gasteiger charge is 2.41. The maximum Gasteiger partial charge on any atom is 0.416 e. The predicted octanol–water partition coefficient (Wildman–Crippen LogP) is 4.82. The first-order chi connectivity index (χ1) is 16.3. The van der Waals surface area contributed by atoms with Gasteiger partial charge < -0.3 is 19.5 Å². The minimum atomic E-state index is -4.45. The lowest BCUT2D eigenvalue weighted by atomic mass is 10.0. The minimum Gasteiger partial charge on any atom is -0.469 e. The zero-order chi connectivity index (χ0) is 24.3. The fourth-order valence-corrected chi connectivity index (χ4v) is 4.50. The lowest BCUT2D eigenvalue weighted by Gasteiger charge is -2.29. The zero-order valence-electron chi connectivity index (χ0n) is 18.3. The molecule has 0 saturated carbocycles. The number of esters is 1. The first kappa shape index (κ1) is 23.7. The van der Waals surface area contributed by atoms with Crippen LogP contribution >= 0.6 is 12.2 Å². The van der Waals surface area contributed by atoms with E-state index in [0.717, 1.165) is 23.5 Å². The minimum absolute atomic E-state index is 0.227. The molecule has 6 nitrogen and oxygen atoms in total. The number of ether oxygens (including phenoxy) is 1. The summed E-state index contributed by atoms with van der Waals surface area (Å²) < 4.78 is 46.5. The Labute approximate surface area is 200 Å². The molecule has 0 bridgehead atoms. The van der Waals surface area contributed by atoms with Crippen molar-refractivity contribution in [1.82, 2.24) is 19.8 Å². The number of pyridine rings is 1. The molecule has 1 saturated heterocycles. The highest BCUT2D eigenvalue weighted by atomic mass is 32.1. The number of halogens is 3. The molecule has 0 spiro atoms. The van der Waals surface area contributed by atoms with E-state index in [0.29, 0.717) is 23.8 Å². The molecule has 0 unspecified atom stereocenters. The molecular weight excluding hydrogens is 465 g/mol. The van der Waals surface area contributed by atoms with Gasteiger partial charge in [-0.05, 0) is 61.1 Å². The Morgan fingerprint density at radius 2 is 2.00 bits per heavy atom. The number of hydrogen-bond donors (Lipinski definition) is 1. The van der Waals surface area contributed by atoms with Crippen LogP contribution in [0.15, 0.2) is 67.0 Å². The van der Waals surface area contributed by atoms with Crippen molar-refractivity contribution in [3.8, 4) is 5.69 Å². The molecule has 10 heteroatoms. The molecule has 3 aromatic rings. The number of aromatic nitrogens is 2. The van der Waals surface area contributed by atoms with Crippen molar-refractivity contribution in [2.45, 2.75) is 31.1 Å². The van der Waals surface area contributed by atoms with Crippen LogP contribution in [0.5, 0.6) is 0 Å². The van der Waals surface area contributed by atoms with Gasteiger partial charge in [-0.25, -0.2) is 0 Å². The molecule has 0 amide bonds. The molecule has 1 fully saturated rings. The molecule has 1 aliphatic heterocycles. The van der Waals surface area contributed by atoms with Crippen molar-refractivity contribution >= 4 is 23.3 Å². The third-order valence-corrected chi connectivity index (χ3v) is 6.09. The maximum absolute atomic E-state index is 13.4. The van der Waals surface area contributed by atoms with Gasteiger partial charge in [-0.1, -0.05) is 12.1 Å². The Balaban J connectivity index is 1.73. The van der Waals surface area contributed by atoms with E-state index in [1.807, 2.05) is 29.2 Å². The highest BCUT2D eigenvalue weighted by molar-refractivity contribution is 7.80. The normalized spacial score (nSPS) is 18.1. The van der Waals surface area contributed by atoms with E-state index in [1.54, 1.807) is 29.1 Å². The van der Waals surface area contributed by atoms with Gasteiger partial charge in [0, 0.05) is 36.7 Å². The lowest BCUT2D eigenvalue weighted by Crippen LogP contribution is -2.31. The third-order valence-electron chi connectivity index (χ3n) is 5.74. The second-order valence-corrected chi connectivity index (χ2v) is 8.24.